The van der Waals surface area contributed by atoms with Crippen LogP contribution in [0.25, 0.3) is 11.3 Å². The summed E-state index contributed by atoms with van der Waals surface area (Å²) < 4.78 is 12.6. The Hall–Kier alpha value is -2.24. The van der Waals surface area contributed by atoms with Gasteiger partial charge in [0.25, 0.3) is 0 Å². The molecule has 1 saturated heterocycles. The maximum absolute atomic E-state index is 6.04. The molecular formula is C22H23BrN2O2. The van der Waals surface area contributed by atoms with Crippen molar-refractivity contribution in [3.8, 4) is 11.3 Å². The van der Waals surface area contributed by atoms with Crippen molar-refractivity contribution in [2.24, 2.45) is 0 Å². The van der Waals surface area contributed by atoms with Gasteiger partial charge in [-0.1, -0.05) is 34.1 Å². The first-order chi connectivity index (χ1) is 13.2. The van der Waals surface area contributed by atoms with E-state index in [2.05, 4.69) is 63.4 Å². The molecule has 2 aromatic carbocycles. The lowest BCUT2D eigenvalue weighted by molar-refractivity contribution is 0.123. The third-order valence-electron chi connectivity index (χ3n) is 4.75. The zero-order valence-electron chi connectivity index (χ0n) is 15.4. The Labute approximate surface area is 168 Å². The average Bonchev–Trinajstić information content (AvgIpc) is 3.17. The van der Waals surface area contributed by atoms with E-state index < -0.39 is 0 Å². The molecule has 140 valence electrons. The summed E-state index contributed by atoms with van der Waals surface area (Å²) in [6.07, 6.45) is 0. The Morgan fingerprint density at radius 3 is 2.56 bits per heavy atom. The lowest BCUT2D eigenvalue weighted by Gasteiger charge is -2.31. The fourth-order valence-electron chi connectivity index (χ4n) is 3.30. The molecular weight excluding hydrogens is 404 g/mol. The number of benzene rings is 2. The van der Waals surface area contributed by atoms with Crippen molar-refractivity contribution in [2.45, 2.75) is 13.5 Å². The number of rotatable bonds is 5. The summed E-state index contributed by atoms with van der Waals surface area (Å²) >= 11 is 3.47. The summed E-state index contributed by atoms with van der Waals surface area (Å²) in [5, 5.41) is 3.56. The third-order valence-corrected chi connectivity index (χ3v) is 5.28. The molecule has 1 aliphatic rings. The highest BCUT2D eigenvalue weighted by Gasteiger charge is 2.15. The number of ether oxygens (including phenoxy) is 1. The van der Waals surface area contributed by atoms with Crippen LogP contribution in [0, 0.1) is 6.92 Å². The van der Waals surface area contributed by atoms with E-state index in [1.807, 2.05) is 24.3 Å². The fraction of sp³-hybridized carbons (Fsp3) is 0.273. The molecule has 0 bridgehead atoms. The van der Waals surface area contributed by atoms with E-state index in [4.69, 9.17) is 9.15 Å². The van der Waals surface area contributed by atoms with Crippen molar-refractivity contribution in [2.75, 3.05) is 36.5 Å². The van der Waals surface area contributed by atoms with Crippen molar-refractivity contribution in [3.05, 3.63) is 70.4 Å². The SMILES string of the molecule is Cc1ccc(N2CCOCC2)c(NCc2ccc(-c3ccc(Br)cc3)o2)c1. The van der Waals surface area contributed by atoms with Gasteiger partial charge < -0.3 is 19.4 Å². The molecule has 0 radical (unpaired) electrons. The Kier molecular flexibility index (Phi) is 5.50. The van der Waals surface area contributed by atoms with Gasteiger partial charge in [-0.2, -0.15) is 0 Å². The Morgan fingerprint density at radius 1 is 1.00 bits per heavy atom. The first kappa shape index (κ1) is 18.1. The zero-order valence-corrected chi connectivity index (χ0v) is 17.0. The number of aryl methyl sites for hydroxylation is 1. The van der Waals surface area contributed by atoms with Gasteiger partial charge in [0.05, 0.1) is 31.1 Å². The second-order valence-electron chi connectivity index (χ2n) is 6.75. The number of furan rings is 1. The van der Waals surface area contributed by atoms with Crippen molar-refractivity contribution >= 4 is 27.3 Å². The molecule has 0 atom stereocenters. The predicted octanol–water partition coefficient (Wildman–Crippen LogP) is 5.47. The normalized spacial score (nSPS) is 14.4. The molecule has 1 N–H and O–H groups in total. The van der Waals surface area contributed by atoms with Crippen LogP contribution in [-0.4, -0.2) is 26.3 Å². The van der Waals surface area contributed by atoms with Crippen LogP contribution in [0.5, 0.6) is 0 Å². The molecule has 1 aliphatic heterocycles. The monoisotopic (exact) mass is 426 g/mol. The topological polar surface area (TPSA) is 37.6 Å². The number of nitrogens with zero attached hydrogens (tertiary/aromatic N) is 1. The van der Waals surface area contributed by atoms with E-state index in [9.17, 15) is 0 Å². The van der Waals surface area contributed by atoms with E-state index in [0.717, 1.165) is 53.5 Å². The van der Waals surface area contributed by atoms with E-state index >= 15 is 0 Å². The van der Waals surface area contributed by atoms with Crippen LogP contribution in [0.2, 0.25) is 0 Å². The summed E-state index contributed by atoms with van der Waals surface area (Å²) in [7, 11) is 0. The smallest absolute Gasteiger partial charge is 0.134 e. The molecule has 1 aromatic heterocycles. The average molecular weight is 427 g/mol. The number of halogens is 1. The summed E-state index contributed by atoms with van der Waals surface area (Å²) in [6, 6.07) is 18.8. The van der Waals surface area contributed by atoms with Gasteiger partial charge >= 0.3 is 0 Å². The number of morpholine rings is 1. The molecule has 1 fully saturated rings. The largest absolute Gasteiger partial charge is 0.459 e. The van der Waals surface area contributed by atoms with Gasteiger partial charge in [0, 0.05) is 23.1 Å². The quantitative estimate of drug-likeness (QED) is 0.586. The number of anilines is 2. The lowest BCUT2D eigenvalue weighted by atomic mass is 10.1. The minimum absolute atomic E-state index is 0.650. The number of hydrogen-bond acceptors (Lipinski definition) is 4. The van der Waals surface area contributed by atoms with Crippen LogP contribution in [0.3, 0.4) is 0 Å². The Balaban J connectivity index is 1.49. The molecule has 0 spiro atoms. The Bertz CT molecular complexity index is 899. The Morgan fingerprint density at radius 2 is 1.78 bits per heavy atom. The summed E-state index contributed by atoms with van der Waals surface area (Å²) in [5.41, 5.74) is 4.68. The molecule has 0 amide bonds. The maximum atomic E-state index is 6.04. The minimum Gasteiger partial charge on any atom is -0.459 e. The van der Waals surface area contributed by atoms with E-state index in [1.54, 1.807) is 0 Å². The molecule has 4 nitrogen and oxygen atoms in total. The third kappa shape index (κ3) is 4.37. The highest BCUT2D eigenvalue weighted by Crippen LogP contribution is 2.29. The maximum Gasteiger partial charge on any atom is 0.134 e. The van der Waals surface area contributed by atoms with Crippen LogP contribution < -0.4 is 10.2 Å². The van der Waals surface area contributed by atoms with Gasteiger partial charge in [0.2, 0.25) is 0 Å². The number of hydrogen-bond donors (Lipinski definition) is 1. The van der Waals surface area contributed by atoms with Gasteiger partial charge in [0.1, 0.15) is 11.5 Å². The second kappa shape index (κ2) is 8.19. The van der Waals surface area contributed by atoms with Crippen LogP contribution in [0.4, 0.5) is 11.4 Å². The molecule has 5 heteroatoms. The van der Waals surface area contributed by atoms with Gasteiger partial charge in [-0.05, 0) is 48.9 Å². The summed E-state index contributed by atoms with van der Waals surface area (Å²) in [4.78, 5) is 2.38. The highest BCUT2D eigenvalue weighted by molar-refractivity contribution is 9.10. The van der Waals surface area contributed by atoms with Crippen LogP contribution >= 0.6 is 15.9 Å². The van der Waals surface area contributed by atoms with Crippen molar-refractivity contribution in [3.63, 3.8) is 0 Å². The van der Waals surface area contributed by atoms with Crippen molar-refractivity contribution < 1.29 is 9.15 Å². The van der Waals surface area contributed by atoms with Crippen LogP contribution in [0.15, 0.2) is 63.5 Å². The zero-order chi connectivity index (χ0) is 18.6. The van der Waals surface area contributed by atoms with Crippen molar-refractivity contribution in [1.82, 2.24) is 0 Å². The molecule has 4 rings (SSSR count). The molecule has 27 heavy (non-hydrogen) atoms. The first-order valence-electron chi connectivity index (χ1n) is 9.21. The molecule has 3 aromatic rings. The van der Waals surface area contributed by atoms with Gasteiger partial charge in [-0.3, -0.25) is 0 Å². The molecule has 0 saturated carbocycles. The van der Waals surface area contributed by atoms with Gasteiger partial charge in [-0.25, -0.2) is 0 Å². The molecule has 2 heterocycles. The van der Waals surface area contributed by atoms with Gasteiger partial charge in [-0.15, -0.1) is 0 Å². The molecule has 0 unspecified atom stereocenters. The first-order valence-corrected chi connectivity index (χ1v) is 10.0. The highest BCUT2D eigenvalue weighted by atomic mass is 79.9. The summed E-state index contributed by atoms with van der Waals surface area (Å²) in [5.74, 6) is 1.80. The minimum atomic E-state index is 0.650. The van der Waals surface area contributed by atoms with E-state index in [1.165, 1.54) is 11.3 Å². The molecule has 0 aliphatic carbocycles. The lowest BCUT2D eigenvalue weighted by Crippen LogP contribution is -2.36. The van der Waals surface area contributed by atoms with E-state index in [0.29, 0.717) is 6.54 Å². The summed E-state index contributed by atoms with van der Waals surface area (Å²) in [6.45, 7) is 6.17. The standard InChI is InChI=1S/C22H23BrN2O2/c1-16-2-8-21(25-10-12-26-13-11-25)20(14-16)24-15-19-7-9-22(27-19)17-3-5-18(23)6-4-17/h2-9,14,24H,10-13,15H2,1H3. The van der Waals surface area contributed by atoms with Crippen LogP contribution in [-0.2, 0) is 11.3 Å². The van der Waals surface area contributed by atoms with Gasteiger partial charge in [0.15, 0.2) is 0 Å². The second-order valence-corrected chi connectivity index (χ2v) is 7.66. The van der Waals surface area contributed by atoms with E-state index in [-0.39, 0.29) is 0 Å². The predicted molar refractivity (Wildman–Crippen MR) is 113 cm³/mol. The van der Waals surface area contributed by atoms with Crippen LogP contribution in [0.1, 0.15) is 11.3 Å². The fourth-order valence-corrected chi connectivity index (χ4v) is 3.56. The number of nitrogens with one attached hydrogen (secondary N) is 1. The van der Waals surface area contributed by atoms with Crippen molar-refractivity contribution in [1.29, 1.82) is 0 Å².